The average Bonchev–Trinajstić information content (AvgIpc) is 3.11. The fraction of sp³-hybridized carbons (Fsp3) is 0.643. The Labute approximate surface area is 125 Å². The quantitative estimate of drug-likeness (QED) is 0.541. The summed E-state index contributed by atoms with van der Waals surface area (Å²) in [4.78, 5) is 8.78. The Morgan fingerprint density at radius 1 is 1.57 bits per heavy atom. The molecule has 1 aromatic rings. The molecule has 7 heteroatoms. The zero-order valence-corrected chi connectivity index (χ0v) is 12.8. The minimum absolute atomic E-state index is 0.379. The minimum atomic E-state index is 0.379. The molecule has 0 aromatic carbocycles. The van der Waals surface area contributed by atoms with Gasteiger partial charge in [-0.3, -0.25) is 15.4 Å². The summed E-state index contributed by atoms with van der Waals surface area (Å²) in [7, 11) is 0. The Morgan fingerprint density at radius 2 is 2.33 bits per heavy atom. The summed E-state index contributed by atoms with van der Waals surface area (Å²) in [5.41, 5.74) is 5.90. The number of hydrogen-bond acceptors (Lipinski definition) is 4. The molecule has 4 N–H and O–H groups in total. The number of hydrogen-bond donors (Lipinski definition) is 3. The van der Waals surface area contributed by atoms with Gasteiger partial charge < -0.3 is 10.6 Å². The maximum Gasteiger partial charge on any atom is 0.149 e. The summed E-state index contributed by atoms with van der Waals surface area (Å²) >= 11 is 0. The largest absolute Gasteiger partial charge is 0.387 e. The van der Waals surface area contributed by atoms with Crippen molar-refractivity contribution in [1.29, 1.82) is 5.41 Å². The van der Waals surface area contributed by atoms with E-state index in [0.717, 1.165) is 32.6 Å². The number of aromatic amines is 1. The molecular weight excluding hydrogens is 266 g/mol. The number of likely N-dealkylation sites (N-methyl/N-ethyl adjacent to an activating group) is 1. The van der Waals surface area contributed by atoms with Crippen LogP contribution >= 0.6 is 0 Å². The third-order valence-corrected chi connectivity index (χ3v) is 3.97. The molecule has 0 amide bonds. The van der Waals surface area contributed by atoms with E-state index < -0.39 is 0 Å². The van der Waals surface area contributed by atoms with Gasteiger partial charge >= 0.3 is 0 Å². The molecule has 2 rings (SSSR count). The first-order chi connectivity index (χ1) is 10.1. The van der Waals surface area contributed by atoms with Gasteiger partial charge in [0.15, 0.2) is 0 Å². The summed E-state index contributed by atoms with van der Waals surface area (Å²) < 4.78 is 0. The van der Waals surface area contributed by atoms with Crippen molar-refractivity contribution in [1.82, 2.24) is 20.0 Å². The van der Waals surface area contributed by atoms with Gasteiger partial charge in [-0.05, 0) is 19.5 Å². The number of rotatable bonds is 6. The molecule has 116 valence electrons. The first kappa shape index (κ1) is 15.5. The molecule has 1 aromatic heterocycles. The Bertz CT molecular complexity index is 476. The molecule has 1 fully saturated rings. The lowest BCUT2D eigenvalue weighted by molar-refractivity contribution is 0.223. The van der Waals surface area contributed by atoms with Crippen LogP contribution in [0.25, 0.3) is 0 Å². The second kappa shape index (κ2) is 7.21. The van der Waals surface area contributed by atoms with Gasteiger partial charge in [0.2, 0.25) is 0 Å². The van der Waals surface area contributed by atoms with E-state index in [2.05, 4.69) is 38.8 Å². The molecule has 2 heterocycles. The predicted molar refractivity (Wildman–Crippen MR) is 85.1 cm³/mol. The maximum atomic E-state index is 8.21. The van der Waals surface area contributed by atoms with Crippen LogP contribution in [0.15, 0.2) is 17.3 Å². The van der Waals surface area contributed by atoms with E-state index in [9.17, 15) is 0 Å². The molecule has 0 bridgehead atoms. The van der Waals surface area contributed by atoms with Crippen molar-refractivity contribution < 1.29 is 0 Å². The summed E-state index contributed by atoms with van der Waals surface area (Å²) in [6.45, 7) is 8.34. The van der Waals surface area contributed by atoms with Crippen LogP contribution in [-0.2, 0) is 0 Å². The van der Waals surface area contributed by atoms with Gasteiger partial charge in [0.1, 0.15) is 17.5 Å². The third-order valence-electron chi connectivity index (χ3n) is 3.97. The summed E-state index contributed by atoms with van der Waals surface area (Å²) in [6, 6.07) is 2.30. The van der Waals surface area contributed by atoms with Gasteiger partial charge in [-0.2, -0.15) is 5.10 Å². The molecule has 0 saturated carbocycles. The van der Waals surface area contributed by atoms with E-state index in [1.165, 1.54) is 0 Å². The molecule has 21 heavy (non-hydrogen) atoms. The standard InChI is InChI=1S/C14H25N7/c1-3-20(4-2)11-6-8-21(10-11)13(16)9-12(15)18-14-5-7-17-19-14/h5,7,11,16H,3-4,6,8-10H2,1-2H3,(H3,15,17,18,19). The van der Waals surface area contributed by atoms with Crippen molar-refractivity contribution in [3.63, 3.8) is 0 Å². The zero-order valence-electron chi connectivity index (χ0n) is 12.8. The second-order valence-electron chi connectivity index (χ2n) is 5.28. The van der Waals surface area contributed by atoms with Gasteiger partial charge in [-0.15, -0.1) is 0 Å². The number of nitrogens with one attached hydrogen (secondary N) is 2. The molecule has 1 unspecified atom stereocenters. The molecule has 0 spiro atoms. The smallest absolute Gasteiger partial charge is 0.149 e. The highest BCUT2D eigenvalue weighted by atomic mass is 15.3. The minimum Gasteiger partial charge on any atom is -0.387 e. The highest BCUT2D eigenvalue weighted by molar-refractivity contribution is 6.01. The van der Waals surface area contributed by atoms with Crippen LogP contribution in [0.3, 0.4) is 0 Å². The molecule has 1 atom stereocenters. The number of aromatic nitrogens is 2. The number of nitrogens with two attached hydrogens (primary N) is 1. The van der Waals surface area contributed by atoms with Crippen LogP contribution in [0.1, 0.15) is 26.7 Å². The van der Waals surface area contributed by atoms with Gasteiger partial charge in [0, 0.05) is 25.2 Å². The van der Waals surface area contributed by atoms with Gasteiger partial charge in [-0.25, -0.2) is 4.99 Å². The number of H-pyrrole nitrogens is 1. The lowest BCUT2D eigenvalue weighted by Gasteiger charge is -2.26. The number of likely N-dealkylation sites (tertiary alicyclic amines) is 1. The van der Waals surface area contributed by atoms with Crippen molar-refractivity contribution in [2.45, 2.75) is 32.7 Å². The molecule has 0 radical (unpaired) electrons. The predicted octanol–water partition coefficient (Wildman–Crippen LogP) is 1.18. The Balaban J connectivity index is 1.87. The van der Waals surface area contributed by atoms with Crippen molar-refractivity contribution in [2.75, 3.05) is 26.2 Å². The average molecular weight is 291 g/mol. The van der Waals surface area contributed by atoms with Crippen molar-refractivity contribution in [2.24, 2.45) is 10.7 Å². The molecule has 1 aliphatic heterocycles. The van der Waals surface area contributed by atoms with Crippen LogP contribution < -0.4 is 5.73 Å². The zero-order chi connectivity index (χ0) is 15.2. The van der Waals surface area contributed by atoms with Crippen molar-refractivity contribution in [3.05, 3.63) is 12.3 Å². The number of aliphatic imine (C=N–C) groups is 1. The Hall–Kier alpha value is -1.89. The maximum absolute atomic E-state index is 8.21. The molecule has 1 aliphatic rings. The fourth-order valence-corrected chi connectivity index (χ4v) is 2.81. The fourth-order valence-electron chi connectivity index (χ4n) is 2.81. The van der Waals surface area contributed by atoms with E-state index in [1.807, 2.05) is 0 Å². The number of nitrogens with zero attached hydrogens (tertiary/aromatic N) is 4. The molecule has 0 aliphatic carbocycles. The van der Waals surface area contributed by atoms with Crippen LogP contribution in [0.5, 0.6) is 0 Å². The van der Waals surface area contributed by atoms with Gasteiger partial charge in [0.25, 0.3) is 0 Å². The van der Waals surface area contributed by atoms with E-state index in [1.54, 1.807) is 12.3 Å². The van der Waals surface area contributed by atoms with Crippen LogP contribution in [0.2, 0.25) is 0 Å². The molecule has 7 nitrogen and oxygen atoms in total. The first-order valence-electron chi connectivity index (χ1n) is 7.52. The van der Waals surface area contributed by atoms with Crippen LogP contribution in [0.4, 0.5) is 5.82 Å². The lowest BCUT2D eigenvalue weighted by atomic mass is 10.2. The number of amidine groups is 2. The monoisotopic (exact) mass is 291 g/mol. The van der Waals surface area contributed by atoms with Crippen LogP contribution in [-0.4, -0.2) is 63.9 Å². The molecular formula is C14H25N7. The third kappa shape index (κ3) is 4.04. The van der Waals surface area contributed by atoms with E-state index in [0.29, 0.717) is 30.0 Å². The highest BCUT2D eigenvalue weighted by Gasteiger charge is 2.27. The van der Waals surface area contributed by atoms with E-state index in [4.69, 9.17) is 11.1 Å². The van der Waals surface area contributed by atoms with Gasteiger partial charge in [0.05, 0.1) is 12.6 Å². The SMILES string of the molecule is CCN(CC)C1CCN(C(=N)CC(N)=Nc2ccn[nH]2)C1. The summed E-state index contributed by atoms with van der Waals surface area (Å²) in [5.74, 6) is 1.61. The van der Waals surface area contributed by atoms with Crippen molar-refractivity contribution in [3.8, 4) is 0 Å². The van der Waals surface area contributed by atoms with E-state index >= 15 is 0 Å². The first-order valence-corrected chi connectivity index (χ1v) is 7.52. The van der Waals surface area contributed by atoms with Gasteiger partial charge in [-0.1, -0.05) is 13.8 Å². The second-order valence-corrected chi connectivity index (χ2v) is 5.28. The molecule has 1 saturated heterocycles. The Kier molecular flexibility index (Phi) is 5.32. The normalized spacial score (nSPS) is 19.5. The van der Waals surface area contributed by atoms with E-state index in [-0.39, 0.29) is 0 Å². The summed E-state index contributed by atoms with van der Waals surface area (Å²) in [6.07, 6.45) is 3.12. The summed E-state index contributed by atoms with van der Waals surface area (Å²) in [5, 5.41) is 14.8. The Morgan fingerprint density at radius 3 is 2.95 bits per heavy atom. The topological polar surface area (TPSA) is 97.4 Å². The van der Waals surface area contributed by atoms with Crippen LogP contribution in [0, 0.1) is 5.41 Å². The lowest BCUT2D eigenvalue weighted by Crippen LogP contribution is -2.39. The highest BCUT2D eigenvalue weighted by Crippen LogP contribution is 2.16. The van der Waals surface area contributed by atoms with Crippen molar-refractivity contribution >= 4 is 17.5 Å².